The zero-order valence-electron chi connectivity index (χ0n) is 16.8. The summed E-state index contributed by atoms with van der Waals surface area (Å²) in [5.74, 6) is 1.44. The van der Waals surface area contributed by atoms with Crippen molar-refractivity contribution in [2.45, 2.75) is 31.4 Å². The Morgan fingerprint density at radius 3 is 2.70 bits per heavy atom. The molecule has 0 saturated heterocycles. The van der Waals surface area contributed by atoms with E-state index in [1.54, 1.807) is 13.0 Å². The summed E-state index contributed by atoms with van der Waals surface area (Å²) in [6.45, 7) is 5.94. The lowest BCUT2D eigenvalue weighted by atomic mass is 10.1. The molecule has 0 fully saturated rings. The normalized spacial score (nSPS) is 10.9. The van der Waals surface area contributed by atoms with E-state index >= 15 is 0 Å². The molecule has 6 nitrogen and oxygen atoms in total. The van der Waals surface area contributed by atoms with Gasteiger partial charge < -0.3 is 4.52 Å². The molecule has 0 radical (unpaired) electrons. The Bertz CT molecular complexity index is 1200. The van der Waals surface area contributed by atoms with Crippen molar-refractivity contribution in [3.63, 3.8) is 0 Å². The molecular weight excluding hydrogens is 416 g/mol. The largest absolute Gasteiger partial charge is 0.338 e. The number of hydrogen-bond acceptors (Lipinski definition) is 7. The van der Waals surface area contributed by atoms with Crippen LogP contribution in [0.2, 0.25) is 0 Å². The van der Waals surface area contributed by atoms with Crippen molar-refractivity contribution < 1.29 is 9.32 Å². The van der Waals surface area contributed by atoms with Crippen LogP contribution in [0.25, 0.3) is 11.3 Å². The minimum Gasteiger partial charge on any atom is -0.338 e. The molecule has 2 heterocycles. The van der Waals surface area contributed by atoms with Crippen LogP contribution < -0.4 is 5.32 Å². The van der Waals surface area contributed by atoms with Gasteiger partial charge in [0.05, 0.1) is 17.0 Å². The smallest absolute Gasteiger partial charge is 0.258 e. The van der Waals surface area contributed by atoms with Gasteiger partial charge in [0.25, 0.3) is 5.91 Å². The molecule has 0 atom stereocenters. The van der Waals surface area contributed by atoms with E-state index in [2.05, 4.69) is 46.4 Å². The number of rotatable bonds is 6. The first-order chi connectivity index (χ1) is 14.5. The summed E-state index contributed by atoms with van der Waals surface area (Å²) in [7, 11) is 0. The lowest BCUT2D eigenvalue weighted by Crippen LogP contribution is -2.12. The van der Waals surface area contributed by atoms with Crippen LogP contribution in [0.5, 0.6) is 0 Å². The van der Waals surface area contributed by atoms with Crippen molar-refractivity contribution in [2.75, 3.05) is 5.32 Å². The molecule has 0 bridgehead atoms. The SMILES string of the molecule is Cc1noc(CSc2ccccc2C(=O)Nc2nc(-c3ccc(C)c(C)c3)cs2)n1. The van der Waals surface area contributed by atoms with Crippen molar-refractivity contribution in [1.82, 2.24) is 15.1 Å². The van der Waals surface area contributed by atoms with Gasteiger partial charge >= 0.3 is 0 Å². The summed E-state index contributed by atoms with van der Waals surface area (Å²) in [6, 6.07) is 13.7. The van der Waals surface area contributed by atoms with Crippen LogP contribution >= 0.6 is 23.1 Å². The number of aryl methyl sites for hydroxylation is 3. The topological polar surface area (TPSA) is 80.9 Å². The third-order valence-corrected chi connectivity index (χ3v) is 6.40. The molecule has 1 amide bonds. The quantitative estimate of drug-likeness (QED) is 0.393. The molecule has 4 aromatic rings. The number of carbonyl (C=O) groups is 1. The number of aromatic nitrogens is 3. The highest BCUT2D eigenvalue weighted by Gasteiger charge is 2.15. The summed E-state index contributed by atoms with van der Waals surface area (Å²) < 4.78 is 5.15. The maximum Gasteiger partial charge on any atom is 0.258 e. The minimum absolute atomic E-state index is 0.194. The zero-order chi connectivity index (χ0) is 21.1. The van der Waals surface area contributed by atoms with Crippen molar-refractivity contribution in [2.24, 2.45) is 0 Å². The summed E-state index contributed by atoms with van der Waals surface area (Å²) in [4.78, 5) is 22.5. The predicted octanol–water partition coefficient (Wildman–Crippen LogP) is 5.66. The molecule has 2 aromatic heterocycles. The molecule has 152 valence electrons. The second-order valence-electron chi connectivity index (χ2n) is 6.81. The molecule has 2 aromatic carbocycles. The molecule has 0 aliphatic carbocycles. The average Bonchev–Trinajstić information content (AvgIpc) is 3.37. The van der Waals surface area contributed by atoms with Crippen molar-refractivity contribution >= 4 is 34.1 Å². The van der Waals surface area contributed by atoms with E-state index in [1.807, 2.05) is 29.6 Å². The third-order valence-electron chi connectivity index (χ3n) is 4.58. The van der Waals surface area contributed by atoms with Crippen LogP contribution in [0.15, 0.2) is 57.3 Å². The fraction of sp³-hybridized carbons (Fsp3) is 0.182. The zero-order valence-corrected chi connectivity index (χ0v) is 18.4. The van der Waals surface area contributed by atoms with Gasteiger partial charge in [-0.2, -0.15) is 4.98 Å². The van der Waals surface area contributed by atoms with E-state index in [4.69, 9.17) is 4.52 Å². The van der Waals surface area contributed by atoms with Crippen molar-refractivity contribution in [1.29, 1.82) is 0 Å². The second-order valence-corrected chi connectivity index (χ2v) is 8.69. The first kappa shape index (κ1) is 20.3. The van der Waals surface area contributed by atoms with Gasteiger partial charge in [-0.3, -0.25) is 10.1 Å². The first-order valence-corrected chi connectivity index (χ1v) is 11.2. The van der Waals surface area contributed by atoms with E-state index in [1.165, 1.54) is 34.2 Å². The first-order valence-electron chi connectivity index (χ1n) is 9.35. The van der Waals surface area contributed by atoms with Gasteiger partial charge in [0.15, 0.2) is 11.0 Å². The molecule has 0 aliphatic heterocycles. The molecule has 4 rings (SSSR count). The number of amides is 1. The Hall–Kier alpha value is -2.97. The van der Waals surface area contributed by atoms with Gasteiger partial charge in [0.2, 0.25) is 5.89 Å². The van der Waals surface area contributed by atoms with Crippen molar-refractivity contribution in [3.8, 4) is 11.3 Å². The molecule has 1 N–H and O–H groups in total. The number of benzene rings is 2. The van der Waals surface area contributed by atoms with Crippen LogP contribution in [-0.4, -0.2) is 21.0 Å². The summed E-state index contributed by atoms with van der Waals surface area (Å²) in [6.07, 6.45) is 0. The van der Waals surface area contributed by atoms with E-state index in [9.17, 15) is 4.79 Å². The van der Waals surface area contributed by atoms with Crippen LogP contribution in [0.3, 0.4) is 0 Å². The van der Waals surface area contributed by atoms with Crippen LogP contribution in [0.4, 0.5) is 5.13 Å². The molecule has 0 unspecified atom stereocenters. The molecule has 0 aliphatic rings. The Morgan fingerprint density at radius 1 is 1.10 bits per heavy atom. The molecule has 0 spiro atoms. The standard InChI is InChI=1S/C22H20N4O2S2/c1-13-8-9-16(10-14(13)2)18-11-30-22(24-18)25-21(27)17-6-4-5-7-19(17)29-12-20-23-15(3)26-28-20/h4-11H,12H2,1-3H3,(H,24,25,27). The van der Waals surface area contributed by atoms with Crippen LogP contribution in [-0.2, 0) is 5.75 Å². The maximum atomic E-state index is 12.9. The molecule has 8 heteroatoms. The lowest BCUT2D eigenvalue weighted by molar-refractivity contribution is 0.102. The number of anilines is 1. The van der Waals surface area contributed by atoms with Gasteiger partial charge in [-0.05, 0) is 50.1 Å². The number of hydrogen-bond donors (Lipinski definition) is 1. The summed E-state index contributed by atoms with van der Waals surface area (Å²) >= 11 is 2.90. The van der Waals surface area contributed by atoms with E-state index in [0.29, 0.717) is 28.2 Å². The average molecular weight is 437 g/mol. The number of nitrogens with zero attached hydrogens (tertiary/aromatic N) is 3. The fourth-order valence-electron chi connectivity index (χ4n) is 2.85. The molecule has 0 saturated carbocycles. The second kappa shape index (κ2) is 8.81. The van der Waals surface area contributed by atoms with E-state index < -0.39 is 0 Å². The number of thioether (sulfide) groups is 1. The van der Waals surface area contributed by atoms with Gasteiger partial charge in [0, 0.05) is 15.8 Å². The predicted molar refractivity (Wildman–Crippen MR) is 120 cm³/mol. The Labute approximate surface area is 182 Å². The summed E-state index contributed by atoms with van der Waals surface area (Å²) in [5.41, 5.74) is 4.94. The Balaban J connectivity index is 1.48. The van der Waals surface area contributed by atoms with Crippen molar-refractivity contribution in [3.05, 3.63) is 76.3 Å². The summed E-state index contributed by atoms with van der Waals surface area (Å²) in [5, 5.41) is 9.24. The van der Waals surface area contributed by atoms with E-state index in [-0.39, 0.29) is 5.91 Å². The number of carbonyl (C=O) groups excluding carboxylic acids is 1. The molecule has 30 heavy (non-hydrogen) atoms. The third kappa shape index (κ3) is 4.60. The number of thiazole rings is 1. The highest BCUT2D eigenvalue weighted by Crippen LogP contribution is 2.29. The highest BCUT2D eigenvalue weighted by molar-refractivity contribution is 7.98. The van der Waals surface area contributed by atoms with Crippen LogP contribution in [0.1, 0.15) is 33.2 Å². The van der Waals surface area contributed by atoms with Crippen LogP contribution in [0, 0.1) is 20.8 Å². The highest BCUT2D eigenvalue weighted by atomic mass is 32.2. The van der Waals surface area contributed by atoms with Gasteiger partial charge in [0.1, 0.15) is 0 Å². The monoisotopic (exact) mass is 436 g/mol. The van der Waals surface area contributed by atoms with Gasteiger partial charge in [-0.15, -0.1) is 23.1 Å². The fourth-order valence-corrected chi connectivity index (χ4v) is 4.45. The number of nitrogens with one attached hydrogen (secondary N) is 1. The maximum absolute atomic E-state index is 12.9. The minimum atomic E-state index is -0.194. The van der Waals surface area contributed by atoms with E-state index in [0.717, 1.165) is 16.2 Å². The van der Waals surface area contributed by atoms with Gasteiger partial charge in [-0.25, -0.2) is 4.98 Å². The Morgan fingerprint density at radius 2 is 1.93 bits per heavy atom. The lowest BCUT2D eigenvalue weighted by Gasteiger charge is -2.07. The molecular formula is C22H20N4O2S2. The van der Waals surface area contributed by atoms with Gasteiger partial charge in [-0.1, -0.05) is 29.4 Å². The Kier molecular flexibility index (Phi) is 5.96.